The van der Waals surface area contributed by atoms with E-state index in [4.69, 9.17) is 0 Å². The molecule has 0 radical (unpaired) electrons. The third-order valence-corrected chi connectivity index (χ3v) is 5.21. The summed E-state index contributed by atoms with van der Waals surface area (Å²) >= 11 is 0. The predicted octanol–water partition coefficient (Wildman–Crippen LogP) is 2.66. The van der Waals surface area contributed by atoms with Crippen molar-refractivity contribution < 1.29 is 14.4 Å². The molecule has 26 heavy (non-hydrogen) atoms. The molecular formula is C21H20N2O3. The minimum Gasteiger partial charge on any atom is -0.307 e. The summed E-state index contributed by atoms with van der Waals surface area (Å²) in [5.41, 5.74) is 3.76. The molecule has 0 aliphatic carbocycles. The van der Waals surface area contributed by atoms with Crippen LogP contribution in [0.5, 0.6) is 0 Å². The summed E-state index contributed by atoms with van der Waals surface area (Å²) < 4.78 is 0. The van der Waals surface area contributed by atoms with Crippen LogP contribution >= 0.6 is 0 Å². The zero-order valence-corrected chi connectivity index (χ0v) is 14.6. The minimum absolute atomic E-state index is 0.0119. The van der Waals surface area contributed by atoms with Gasteiger partial charge in [-0.25, -0.2) is 0 Å². The first kappa shape index (κ1) is 16.5. The molecule has 5 nitrogen and oxygen atoms in total. The van der Waals surface area contributed by atoms with Gasteiger partial charge in [0.15, 0.2) is 0 Å². The summed E-state index contributed by atoms with van der Waals surface area (Å²) in [7, 11) is 0. The molecule has 5 heteroatoms. The topological polar surface area (TPSA) is 66.5 Å². The zero-order valence-electron chi connectivity index (χ0n) is 14.6. The second-order valence-corrected chi connectivity index (χ2v) is 7.09. The van der Waals surface area contributed by atoms with E-state index < -0.39 is 0 Å². The van der Waals surface area contributed by atoms with Crippen LogP contribution in [-0.2, 0) is 16.0 Å². The molecule has 1 saturated heterocycles. The van der Waals surface area contributed by atoms with Crippen LogP contribution in [0.3, 0.4) is 0 Å². The van der Waals surface area contributed by atoms with Crippen molar-refractivity contribution in [2.75, 3.05) is 11.4 Å². The van der Waals surface area contributed by atoms with Gasteiger partial charge in [-0.1, -0.05) is 37.3 Å². The Bertz CT molecular complexity index is 888. The van der Waals surface area contributed by atoms with Gasteiger partial charge in [0.05, 0.1) is 5.92 Å². The molecule has 2 aliphatic rings. The summed E-state index contributed by atoms with van der Waals surface area (Å²) in [5.74, 6) is -0.420. The Morgan fingerprint density at radius 3 is 2.54 bits per heavy atom. The molecule has 1 fully saturated rings. The standard InChI is InChI=1S/C21H20N2O3/c1-13-12-23(18-5-3-2-4-17(13)18)21(26)15-8-6-14(7-9-15)10-16-11-19(24)22-20(16)25/h2-9,13,16H,10-12H2,1H3,(H,22,24,25)/t13-,16+/m1/s1. The Labute approximate surface area is 152 Å². The van der Waals surface area contributed by atoms with E-state index in [1.807, 2.05) is 35.2 Å². The Balaban J connectivity index is 1.50. The largest absolute Gasteiger partial charge is 0.307 e. The van der Waals surface area contributed by atoms with Gasteiger partial charge in [-0.15, -0.1) is 0 Å². The monoisotopic (exact) mass is 348 g/mol. The number of carbonyl (C=O) groups is 3. The fourth-order valence-electron chi connectivity index (χ4n) is 3.81. The number of hydrogen-bond donors (Lipinski definition) is 1. The number of rotatable bonds is 3. The average molecular weight is 348 g/mol. The number of nitrogens with one attached hydrogen (secondary N) is 1. The molecule has 2 atom stereocenters. The summed E-state index contributed by atoms with van der Waals surface area (Å²) in [6, 6.07) is 15.4. The van der Waals surface area contributed by atoms with Crippen molar-refractivity contribution in [2.45, 2.75) is 25.7 Å². The van der Waals surface area contributed by atoms with E-state index in [1.165, 1.54) is 5.56 Å². The Kier molecular flexibility index (Phi) is 4.07. The number of anilines is 1. The number of hydrogen-bond acceptors (Lipinski definition) is 3. The highest BCUT2D eigenvalue weighted by atomic mass is 16.2. The third-order valence-electron chi connectivity index (χ3n) is 5.21. The van der Waals surface area contributed by atoms with Crippen LogP contribution in [0.25, 0.3) is 0 Å². The number of carbonyl (C=O) groups excluding carboxylic acids is 3. The predicted molar refractivity (Wildman–Crippen MR) is 97.9 cm³/mol. The SMILES string of the molecule is C[C@@H]1CN(C(=O)c2ccc(C[C@H]3CC(=O)NC3=O)cc2)c2ccccc21. The van der Waals surface area contributed by atoms with E-state index in [9.17, 15) is 14.4 Å². The van der Waals surface area contributed by atoms with Crippen LogP contribution in [-0.4, -0.2) is 24.3 Å². The van der Waals surface area contributed by atoms with E-state index >= 15 is 0 Å². The summed E-state index contributed by atoms with van der Waals surface area (Å²) in [5, 5.41) is 2.33. The normalized spacial score (nSPS) is 21.7. The van der Waals surface area contributed by atoms with Crippen molar-refractivity contribution in [2.24, 2.45) is 5.92 Å². The van der Waals surface area contributed by atoms with Crippen molar-refractivity contribution in [3.8, 4) is 0 Å². The highest BCUT2D eigenvalue weighted by molar-refractivity contribution is 6.07. The van der Waals surface area contributed by atoms with Crippen LogP contribution in [0.4, 0.5) is 5.69 Å². The highest BCUT2D eigenvalue weighted by Crippen LogP contribution is 2.36. The van der Waals surface area contributed by atoms with Crippen LogP contribution < -0.4 is 10.2 Å². The second-order valence-electron chi connectivity index (χ2n) is 7.09. The van der Waals surface area contributed by atoms with Crippen LogP contribution in [0, 0.1) is 5.92 Å². The van der Waals surface area contributed by atoms with Crippen LogP contribution in [0.1, 0.15) is 40.7 Å². The smallest absolute Gasteiger partial charge is 0.258 e. The van der Waals surface area contributed by atoms with E-state index in [0.29, 0.717) is 24.4 Å². The fourth-order valence-corrected chi connectivity index (χ4v) is 3.81. The van der Waals surface area contributed by atoms with Crippen molar-refractivity contribution in [3.05, 3.63) is 65.2 Å². The fraction of sp³-hybridized carbons (Fsp3) is 0.286. The van der Waals surface area contributed by atoms with Crippen molar-refractivity contribution in [1.82, 2.24) is 5.32 Å². The van der Waals surface area contributed by atoms with Gasteiger partial charge in [0.1, 0.15) is 0 Å². The number of amides is 3. The molecule has 2 aliphatic heterocycles. The molecule has 132 valence electrons. The van der Waals surface area contributed by atoms with Gasteiger partial charge in [-0.05, 0) is 35.7 Å². The first-order chi connectivity index (χ1) is 12.5. The molecule has 0 bridgehead atoms. The molecule has 2 aromatic rings. The molecule has 0 saturated carbocycles. The summed E-state index contributed by atoms with van der Waals surface area (Å²) in [6.45, 7) is 2.81. The molecule has 0 unspecified atom stereocenters. The Morgan fingerprint density at radius 2 is 1.85 bits per heavy atom. The van der Waals surface area contributed by atoms with Crippen molar-refractivity contribution in [3.63, 3.8) is 0 Å². The average Bonchev–Trinajstić information content (AvgIpc) is 3.14. The number of para-hydroxylation sites is 1. The minimum atomic E-state index is -0.310. The lowest BCUT2D eigenvalue weighted by atomic mass is 9.97. The van der Waals surface area contributed by atoms with Gasteiger partial charge in [0.25, 0.3) is 5.91 Å². The van der Waals surface area contributed by atoms with Gasteiger partial charge in [0, 0.05) is 30.1 Å². The van der Waals surface area contributed by atoms with Crippen LogP contribution in [0.2, 0.25) is 0 Å². The third kappa shape index (κ3) is 2.90. The number of fused-ring (bicyclic) bond motifs is 1. The molecular weight excluding hydrogens is 328 g/mol. The molecule has 1 N–H and O–H groups in total. The van der Waals surface area contributed by atoms with Crippen LogP contribution in [0.15, 0.2) is 48.5 Å². The molecule has 3 amide bonds. The summed E-state index contributed by atoms with van der Waals surface area (Å²) in [4.78, 5) is 37.7. The zero-order chi connectivity index (χ0) is 18.3. The number of benzene rings is 2. The molecule has 2 heterocycles. The number of nitrogens with zero attached hydrogens (tertiary/aromatic N) is 1. The number of imide groups is 1. The van der Waals surface area contributed by atoms with E-state index in [0.717, 1.165) is 11.3 Å². The first-order valence-electron chi connectivity index (χ1n) is 8.86. The van der Waals surface area contributed by atoms with Gasteiger partial charge in [-0.3, -0.25) is 19.7 Å². The van der Waals surface area contributed by atoms with Gasteiger partial charge < -0.3 is 4.90 Å². The molecule has 4 rings (SSSR count). The first-order valence-corrected chi connectivity index (χ1v) is 8.86. The quantitative estimate of drug-likeness (QED) is 0.867. The maximum absolute atomic E-state index is 12.9. The second kappa shape index (κ2) is 6.41. The maximum atomic E-state index is 12.9. The van der Waals surface area contributed by atoms with Gasteiger partial charge in [-0.2, -0.15) is 0 Å². The van der Waals surface area contributed by atoms with Crippen molar-refractivity contribution >= 4 is 23.4 Å². The van der Waals surface area contributed by atoms with Crippen molar-refractivity contribution in [1.29, 1.82) is 0 Å². The van der Waals surface area contributed by atoms with E-state index in [1.54, 1.807) is 12.1 Å². The highest BCUT2D eigenvalue weighted by Gasteiger charge is 2.31. The maximum Gasteiger partial charge on any atom is 0.258 e. The van der Waals surface area contributed by atoms with Gasteiger partial charge in [0.2, 0.25) is 11.8 Å². The molecule has 0 spiro atoms. The lowest BCUT2D eigenvalue weighted by Gasteiger charge is -2.18. The van der Waals surface area contributed by atoms with E-state index in [-0.39, 0.29) is 30.1 Å². The lowest BCUT2D eigenvalue weighted by molar-refractivity contribution is -0.125. The Morgan fingerprint density at radius 1 is 1.12 bits per heavy atom. The van der Waals surface area contributed by atoms with E-state index in [2.05, 4.69) is 18.3 Å². The van der Waals surface area contributed by atoms with Gasteiger partial charge >= 0.3 is 0 Å². The summed E-state index contributed by atoms with van der Waals surface area (Å²) in [6.07, 6.45) is 0.748. The molecule has 2 aromatic carbocycles. The Hall–Kier alpha value is -2.95. The molecule has 0 aromatic heterocycles. The lowest BCUT2D eigenvalue weighted by Crippen LogP contribution is -2.29.